The zero-order chi connectivity index (χ0) is 29.3. The predicted molar refractivity (Wildman–Crippen MR) is 158 cm³/mol. The molecular formula is C34H31N3O5. The highest BCUT2D eigenvalue weighted by Gasteiger charge is 2.59. The molecule has 8 nitrogen and oxygen atoms in total. The van der Waals surface area contributed by atoms with E-state index in [1.807, 2.05) is 97.1 Å². The molecule has 4 aromatic carbocycles. The lowest BCUT2D eigenvalue weighted by Crippen LogP contribution is -2.52. The number of nitrogens with zero attached hydrogens (tertiary/aromatic N) is 2. The van der Waals surface area contributed by atoms with Gasteiger partial charge in [-0.1, -0.05) is 54.6 Å². The molecule has 0 bridgehead atoms. The van der Waals surface area contributed by atoms with E-state index in [9.17, 15) is 14.4 Å². The molecular weight excluding hydrogens is 530 g/mol. The number of carbonyl (C=O) groups is 3. The van der Waals surface area contributed by atoms with Crippen molar-refractivity contribution in [1.82, 2.24) is 9.80 Å². The van der Waals surface area contributed by atoms with E-state index >= 15 is 0 Å². The molecule has 212 valence electrons. The first-order valence-electron chi connectivity index (χ1n) is 13.8. The molecule has 1 atom stereocenters. The Kier molecular flexibility index (Phi) is 7.12. The van der Waals surface area contributed by atoms with Crippen LogP contribution in [0, 0.1) is 0 Å². The van der Waals surface area contributed by atoms with Crippen LogP contribution in [0.1, 0.15) is 32.6 Å². The van der Waals surface area contributed by atoms with Gasteiger partial charge < -0.3 is 24.6 Å². The highest BCUT2D eigenvalue weighted by Crippen LogP contribution is 2.50. The van der Waals surface area contributed by atoms with Crippen LogP contribution in [0.3, 0.4) is 0 Å². The molecule has 1 unspecified atom stereocenters. The summed E-state index contributed by atoms with van der Waals surface area (Å²) in [6, 6.07) is 29.7. The van der Waals surface area contributed by atoms with Gasteiger partial charge in [-0.25, -0.2) is 0 Å². The summed E-state index contributed by atoms with van der Waals surface area (Å²) >= 11 is 0. The molecule has 1 fully saturated rings. The van der Waals surface area contributed by atoms with Crippen LogP contribution in [0.5, 0.6) is 11.5 Å². The van der Waals surface area contributed by atoms with Gasteiger partial charge in [0.25, 0.3) is 5.91 Å². The number of hydrogen-bond donors (Lipinski definition) is 1. The fourth-order valence-electron chi connectivity index (χ4n) is 6.06. The first-order valence-corrected chi connectivity index (χ1v) is 13.8. The molecule has 0 aromatic heterocycles. The Bertz CT molecular complexity index is 1650. The van der Waals surface area contributed by atoms with E-state index in [4.69, 9.17) is 9.47 Å². The van der Waals surface area contributed by atoms with Crippen molar-refractivity contribution in [2.24, 2.45) is 0 Å². The Hall–Kier alpha value is -5.11. The first kappa shape index (κ1) is 27.1. The number of nitrogens with one attached hydrogen (secondary N) is 1. The number of carbonyl (C=O) groups excluding carboxylic acids is 3. The molecule has 1 saturated heterocycles. The molecule has 1 N–H and O–H groups in total. The SMILES string of the molecule is COc1ccc(CC(=O)Nc2cccc(C34c5ccccc5C(=O)N3CCN4C(=O)Cc3ccc(OC)cc3)c2)cc1. The summed E-state index contributed by atoms with van der Waals surface area (Å²) in [6.07, 6.45) is 0.369. The average Bonchev–Trinajstić information content (AvgIpc) is 3.53. The molecule has 0 saturated carbocycles. The van der Waals surface area contributed by atoms with Crippen molar-refractivity contribution in [1.29, 1.82) is 0 Å². The number of benzene rings is 4. The van der Waals surface area contributed by atoms with Gasteiger partial charge in [-0.15, -0.1) is 0 Å². The fourth-order valence-corrected chi connectivity index (χ4v) is 6.06. The minimum absolute atomic E-state index is 0.0962. The van der Waals surface area contributed by atoms with Gasteiger partial charge in [-0.3, -0.25) is 14.4 Å². The van der Waals surface area contributed by atoms with Crippen LogP contribution < -0.4 is 14.8 Å². The molecule has 3 amide bonds. The second kappa shape index (κ2) is 11.0. The van der Waals surface area contributed by atoms with Gasteiger partial charge >= 0.3 is 0 Å². The van der Waals surface area contributed by atoms with Crippen LogP contribution >= 0.6 is 0 Å². The molecule has 0 aliphatic carbocycles. The molecule has 4 aromatic rings. The monoisotopic (exact) mass is 561 g/mol. The topological polar surface area (TPSA) is 88.2 Å². The average molecular weight is 562 g/mol. The van der Waals surface area contributed by atoms with Crippen LogP contribution in [0.15, 0.2) is 97.1 Å². The normalized spacial score (nSPS) is 17.0. The largest absolute Gasteiger partial charge is 0.497 e. The number of ether oxygens (including phenoxy) is 2. The number of fused-ring (bicyclic) bond motifs is 3. The smallest absolute Gasteiger partial charge is 0.256 e. The number of hydrogen-bond acceptors (Lipinski definition) is 5. The number of anilines is 1. The second-order valence-corrected chi connectivity index (χ2v) is 10.4. The van der Waals surface area contributed by atoms with Crippen molar-refractivity contribution in [2.45, 2.75) is 18.5 Å². The van der Waals surface area contributed by atoms with Crippen molar-refractivity contribution in [3.63, 3.8) is 0 Å². The summed E-state index contributed by atoms with van der Waals surface area (Å²) < 4.78 is 10.5. The van der Waals surface area contributed by atoms with Crippen LogP contribution in [-0.2, 0) is 28.1 Å². The van der Waals surface area contributed by atoms with Gasteiger partial charge in [0.1, 0.15) is 11.5 Å². The highest BCUT2D eigenvalue weighted by molar-refractivity contribution is 6.02. The molecule has 6 rings (SSSR count). The molecule has 2 heterocycles. The summed E-state index contributed by atoms with van der Waals surface area (Å²) in [7, 11) is 3.21. The second-order valence-electron chi connectivity index (χ2n) is 10.4. The van der Waals surface area contributed by atoms with E-state index in [0.717, 1.165) is 33.8 Å². The van der Waals surface area contributed by atoms with Crippen LogP contribution in [0.4, 0.5) is 5.69 Å². The van der Waals surface area contributed by atoms with Gasteiger partial charge in [0.15, 0.2) is 5.66 Å². The zero-order valence-electron chi connectivity index (χ0n) is 23.5. The molecule has 0 spiro atoms. The number of amides is 3. The minimum Gasteiger partial charge on any atom is -0.497 e. The minimum atomic E-state index is -1.12. The van der Waals surface area contributed by atoms with Crippen LogP contribution in [-0.4, -0.2) is 54.8 Å². The summed E-state index contributed by atoms with van der Waals surface area (Å²) in [5.41, 5.74) is 3.26. The van der Waals surface area contributed by atoms with E-state index in [1.165, 1.54) is 0 Å². The Morgan fingerprint density at radius 2 is 1.43 bits per heavy atom. The van der Waals surface area contributed by atoms with Gasteiger partial charge in [-0.2, -0.15) is 0 Å². The van der Waals surface area contributed by atoms with Crippen molar-refractivity contribution in [3.8, 4) is 11.5 Å². The number of methoxy groups -OCH3 is 2. The lowest BCUT2D eigenvalue weighted by Gasteiger charge is -2.40. The third-order valence-electron chi connectivity index (χ3n) is 7.99. The van der Waals surface area contributed by atoms with Crippen molar-refractivity contribution < 1.29 is 23.9 Å². The van der Waals surface area contributed by atoms with Crippen LogP contribution in [0.2, 0.25) is 0 Å². The van der Waals surface area contributed by atoms with Crippen LogP contribution in [0.25, 0.3) is 0 Å². The maximum Gasteiger partial charge on any atom is 0.256 e. The molecule has 8 heteroatoms. The molecule has 2 aliphatic heterocycles. The third-order valence-corrected chi connectivity index (χ3v) is 7.99. The highest BCUT2D eigenvalue weighted by atomic mass is 16.5. The van der Waals surface area contributed by atoms with E-state index in [0.29, 0.717) is 24.3 Å². The van der Waals surface area contributed by atoms with Gasteiger partial charge in [0.2, 0.25) is 11.8 Å². The third kappa shape index (κ3) is 4.64. The lowest BCUT2D eigenvalue weighted by atomic mass is 9.89. The van der Waals surface area contributed by atoms with Crippen molar-refractivity contribution in [2.75, 3.05) is 32.6 Å². The van der Waals surface area contributed by atoms with E-state index < -0.39 is 5.66 Å². The summed E-state index contributed by atoms with van der Waals surface area (Å²) in [5, 5.41) is 3.00. The Morgan fingerprint density at radius 3 is 2.10 bits per heavy atom. The summed E-state index contributed by atoms with van der Waals surface area (Å²) in [6.45, 7) is 0.791. The zero-order valence-corrected chi connectivity index (χ0v) is 23.5. The van der Waals surface area contributed by atoms with Gasteiger partial charge in [-0.05, 0) is 53.6 Å². The molecule has 2 aliphatic rings. The van der Waals surface area contributed by atoms with Crippen molar-refractivity contribution >= 4 is 23.4 Å². The molecule has 0 radical (unpaired) electrons. The summed E-state index contributed by atoms with van der Waals surface area (Å²) in [4.78, 5) is 44.2. The maximum absolute atomic E-state index is 14.0. The van der Waals surface area contributed by atoms with Gasteiger partial charge in [0, 0.05) is 35.5 Å². The maximum atomic E-state index is 14.0. The lowest BCUT2D eigenvalue weighted by molar-refractivity contribution is -0.135. The van der Waals surface area contributed by atoms with E-state index in [-0.39, 0.29) is 30.6 Å². The Morgan fingerprint density at radius 1 is 0.786 bits per heavy atom. The van der Waals surface area contributed by atoms with E-state index in [2.05, 4.69) is 5.32 Å². The van der Waals surface area contributed by atoms with E-state index in [1.54, 1.807) is 24.0 Å². The van der Waals surface area contributed by atoms with Crippen molar-refractivity contribution in [3.05, 3.63) is 125 Å². The Labute approximate surface area is 244 Å². The predicted octanol–water partition coefficient (Wildman–Crippen LogP) is 4.63. The summed E-state index contributed by atoms with van der Waals surface area (Å²) in [5.74, 6) is 1.06. The fraction of sp³-hybridized carbons (Fsp3) is 0.206. The standard InChI is InChI=1S/C34H31N3O5/c1-41-27-14-10-23(11-15-27)20-31(38)35-26-7-5-6-25(22-26)34-30-9-4-3-8-29(30)33(40)37(34)19-18-36(34)32(39)21-24-12-16-28(42-2)17-13-24/h3-17,22H,18-21H2,1-2H3,(H,35,38). The Balaban J connectivity index is 1.34. The number of rotatable bonds is 8. The quantitative estimate of drug-likeness (QED) is 0.339. The molecule has 42 heavy (non-hydrogen) atoms. The first-order chi connectivity index (χ1) is 20.4. The van der Waals surface area contributed by atoms with Gasteiger partial charge in [0.05, 0.1) is 27.1 Å².